The number of carbonyl (C=O) groups is 1. The molecule has 1 amide bonds. The Bertz CT molecular complexity index is 513. The van der Waals surface area contributed by atoms with Crippen molar-refractivity contribution in [3.63, 3.8) is 0 Å². The first-order chi connectivity index (χ1) is 10.1. The Morgan fingerprint density at radius 2 is 2.33 bits per heavy atom. The molecule has 0 aromatic heterocycles. The van der Waals surface area contributed by atoms with Crippen LogP contribution in [0.25, 0.3) is 0 Å². The highest BCUT2D eigenvalue weighted by atomic mass is 19.1. The molecule has 21 heavy (non-hydrogen) atoms. The van der Waals surface area contributed by atoms with Gasteiger partial charge < -0.3 is 10.6 Å². The van der Waals surface area contributed by atoms with Gasteiger partial charge in [0, 0.05) is 19.0 Å². The van der Waals surface area contributed by atoms with Crippen molar-refractivity contribution in [2.24, 2.45) is 5.92 Å². The number of aryl methyl sites for hydroxylation is 1. The molecule has 0 aliphatic carbocycles. The number of benzene rings is 1. The Hall–Kier alpha value is -1.68. The minimum atomic E-state index is -0.220. The summed E-state index contributed by atoms with van der Waals surface area (Å²) in [4.78, 5) is 12.0. The van der Waals surface area contributed by atoms with Gasteiger partial charge in [-0.25, -0.2) is 4.39 Å². The van der Waals surface area contributed by atoms with Crippen molar-refractivity contribution in [1.82, 2.24) is 10.6 Å². The maximum atomic E-state index is 13.1. The molecule has 1 unspecified atom stereocenters. The number of hydrogen-bond donors (Lipinski definition) is 2. The second kappa shape index (κ2) is 7.93. The second-order valence-corrected chi connectivity index (χ2v) is 5.60. The zero-order valence-electron chi connectivity index (χ0n) is 12.5. The lowest BCUT2D eigenvalue weighted by Gasteiger charge is -2.16. The summed E-state index contributed by atoms with van der Waals surface area (Å²) >= 11 is 0. The molecule has 4 heteroatoms. The fraction of sp³-hybridized carbons (Fsp3) is 0.471. The summed E-state index contributed by atoms with van der Waals surface area (Å²) < 4.78 is 13.1. The molecule has 1 aliphatic rings. The van der Waals surface area contributed by atoms with Crippen molar-refractivity contribution >= 4 is 5.91 Å². The third kappa shape index (κ3) is 5.31. The zero-order valence-corrected chi connectivity index (χ0v) is 12.5. The van der Waals surface area contributed by atoms with Gasteiger partial charge in [0.25, 0.3) is 0 Å². The van der Waals surface area contributed by atoms with Gasteiger partial charge >= 0.3 is 0 Å². The van der Waals surface area contributed by atoms with Crippen LogP contribution < -0.4 is 10.6 Å². The molecule has 1 aromatic rings. The van der Waals surface area contributed by atoms with E-state index in [2.05, 4.69) is 16.7 Å². The highest BCUT2D eigenvalue weighted by Crippen LogP contribution is 2.11. The number of hydrogen-bond acceptors (Lipinski definition) is 2. The Morgan fingerprint density at radius 1 is 1.48 bits per heavy atom. The van der Waals surface area contributed by atoms with Crippen LogP contribution in [0.15, 0.2) is 35.9 Å². The lowest BCUT2D eigenvalue weighted by molar-refractivity contribution is -0.124. The molecule has 3 nitrogen and oxygen atoms in total. The van der Waals surface area contributed by atoms with Gasteiger partial charge in [-0.3, -0.25) is 4.79 Å². The average molecular weight is 290 g/mol. The van der Waals surface area contributed by atoms with Crippen LogP contribution >= 0.6 is 0 Å². The first kappa shape index (κ1) is 15.7. The molecule has 0 saturated carbocycles. The molecule has 1 aromatic carbocycles. The summed E-state index contributed by atoms with van der Waals surface area (Å²) in [6.45, 7) is 4.44. The van der Waals surface area contributed by atoms with Crippen molar-refractivity contribution in [2.75, 3.05) is 19.6 Å². The van der Waals surface area contributed by atoms with Crippen LogP contribution in [-0.2, 0) is 11.2 Å². The molecule has 2 N–H and O–H groups in total. The Kier molecular flexibility index (Phi) is 5.93. The van der Waals surface area contributed by atoms with E-state index in [0.29, 0.717) is 6.54 Å². The minimum Gasteiger partial charge on any atom is -0.352 e. The zero-order chi connectivity index (χ0) is 15.1. The molecule has 1 heterocycles. The molecular weight excluding hydrogens is 267 g/mol. The number of amides is 1. The smallest absolute Gasteiger partial charge is 0.223 e. The van der Waals surface area contributed by atoms with Gasteiger partial charge in [-0.15, -0.1) is 0 Å². The quantitative estimate of drug-likeness (QED) is 0.790. The van der Waals surface area contributed by atoms with Crippen LogP contribution in [0.3, 0.4) is 0 Å². The van der Waals surface area contributed by atoms with Crippen molar-refractivity contribution < 1.29 is 9.18 Å². The van der Waals surface area contributed by atoms with E-state index in [1.54, 1.807) is 6.07 Å². The second-order valence-electron chi connectivity index (χ2n) is 5.60. The summed E-state index contributed by atoms with van der Waals surface area (Å²) in [5.41, 5.74) is 2.23. The lowest BCUT2D eigenvalue weighted by atomic mass is 10.00. The van der Waals surface area contributed by atoms with Crippen LogP contribution in [0.1, 0.15) is 25.3 Å². The van der Waals surface area contributed by atoms with Gasteiger partial charge in [0.15, 0.2) is 0 Å². The standard InChI is InChI=1S/C17H23FN2O/c1-13(5-6-14-3-2-4-16(18)11-14)17(21)20-12-15-7-9-19-10-8-15/h2-4,7,11,13,19H,5-6,8-10,12H2,1H3,(H,20,21). The number of nitrogens with one attached hydrogen (secondary N) is 2. The van der Waals surface area contributed by atoms with E-state index in [4.69, 9.17) is 0 Å². The van der Waals surface area contributed by atoms with Crippen LogP contribution in [-0.4, -0.2) is 25.5 Å². The molecular formula is C17H23FN2O. The molecule has 0 saturated heterocycles. The fourth-order valence-electron chi connectivity index (χ4n) is 2.41. The molecule has 0 radical (unpaired) electrons. The predicted octanol–water partition coefficient (Wildman–Crippen LogP) is 2.43. The third-order valence-corrected chi connectivity index (χ3v) is 3.85. The molecule has 1 aliphatic heterocycles. The van der Waals surface area contributed by atoms with Gasteiger partial charge in [0.2, 0.25) is 5.91 Å². The molecule has 0 fully saturated rings. The van der Waals surface area contributed by atoms with Crippen molar-refractivity contribution in [3.05, 3.63) is 47.3 Å². The fourth-order valence-corrected chi connectivity index (χ4v) is 2.41. The molecule has 0 bridgehead atoms. The molecule has 114 valence electrons. The number of carbonyl (C=O) groups excluding carboxylic acids is 1. The van der Waals surface area contributed by atoms with Gasteiger partial charge in [-0.2, -0.15) is 0 Å². The predicted molar refractivity (Wildman–Crippen MR) is 82.5 cm³/mol. The SMILES string of the molecule is CC(CCc1cccc(F)c1)C(=O)NCC1=CCNCC1. The van der Waals surface area contributed by atoms with E-state index < -0.39 is 0 Å². The molecule has 2 rings (SSSR count). The first-order valence-corrected chi connectivity index (χ1v) is 7.56. The Morgan fingerprint density at radius 3 is 3.05 bits per heavy atom. The molecule has 1 atom stereocenters. The number of halogens is 1. The van der Waals surface area contributed by atoms with E-state index in [0.717, 1.165) is 37.9 Å². The largest absolute Gasteiger partial charge is 0.352 e. The van der Waals surface area contributed by atoms with Gasteiger partial charge in [-0.1, -0.05) is 30.7 Å². The monoisotopic (exact) mass is 290 g/mol. The van der Waals surface area contributed by atoms with Gasteiger partial charge in [0.1, 0.15) is 5.82 Å². The first-order valence-electron chi connectivity index (χ1n) is 7.56. The van der Waals surface area contributed by atoms with Crippen molar-refractivity contribution in [1.29, 1.82) is 0 Å². The van der Waals surface area contributed by atoms with Crippen molar-refractivity contribution in [2.45, 2.75) is 26.2 Å². The van der Waals surface area contributed by atoms with E-state index in [9.17, 15) is 9.18 Å². The summed E-state index contributed by atoms with van der Waals surface area (Å²) in [6, 6.07) is 6.57. The van der Waals surface area contributed by atoms with Crippen LogP contribution in [0.5, 0.6) is 0 Å². The van der Waals surface area contributed by atoms with Gasteiger partial charge in [-0.05, 0) is 43.5 Å². The van der Waals surface area contributed by atoms with Crippen LogP contribution in [0.2, 0.25) is 0 Å². The minimum absolute atomic E-state index is 0.0596. The molecule has 0 spiro atoms. The van der Waals surface area contributed by atoms with Gasteiger partial charge in [0.05, 0.1) is 0 Å². The summed E-state index contributed by atoms with van der Waals surface area (Å²) in [5.74, 6) is -0.205. The normalized spacial score (nSPS) is 16.2. The topological polar surface area (TPSA) is 41.1 Å². The van der Waals surface area contributed by atoms with Crippen LogP contribution in [0.4, 0.5) is 4.39 Å². The summed E-state index contributed by atoms with van der Waals surface area (Å²) in [7, 11) is 0. The highest BCUT2D eigenvalue weighted by molar-refractivity contribution is 5.78. The lowest BCUT2D eigenvalue weighted by Crippen LogP contribution is -2.33. The average Bonchev–Trinajstić information content (AvgIpc) is 2.51. The Labute approximate surface area is 125 Å². The Balaban J connectivity index is 1.73. The van der Waals surface area contributed by atoms with E-state index in [-0.39, 0.29) is 17.6 Å². The van der Waals surface area contributed by atoms with Crippen molar-refractivity contribution in [3.8, 4) is 0 Å². The highest BCUT2D eigenvalue weighted by Gasteiger charge is 2.13. The summed E-state index contributed by atoms with van der Waals surface area (Å²) in [6.07, 6.45) is 4.59. The maximum Gasteiger partial charge on any atom is 0.223 e. The van der Waals surface area contributed by atoms with E-state index in [1.807, 2.05) is 13.0 Å². The van der Waals surface area contributed by atoms with E-state index >= 15 is 0 Å². The van der Waals surface area contributed by atoms with E-state index in [1.165, 1.54) is 17.7 Å². The maximum absolute atomic E-state index is 13.1. The van der Waals surface area contributed by atoms with Crippen LogP contribution in [0, 0.1) is 11.7 Å². The summed E-state index contributed by atoms with van der Waals surface area (Å²) in [5, 5.41) is 6.24. The number of rotatable bonds is 6. The third-order valence-electron chi connectivity index (χ3n) is 3.85.